The Kier molecular flexibility index (Phi) is 5.22. The maximum Gasteiger partial charge on any atom is 0.213 e. The van der Waals surface area contributed by atoms with E-state index in [1.54, 1.807) is 7.05 Å². The Labute approximate surface area is 90.3 Å². The van der Waals surface area contributed by atoms with Crippen molar-refractivity contribution >= 4 is 21.8 Å². The molecule has 4 nitrogen and oxygen atoms in total. The summed E-state index contributed by atoms with van der Waals surface area (Å²) in [6.07, 6.45) is 1.92. The van der Waals surface area contributed by atoms with Gasteiger partial charge in [-0.3, -0.25) is 0 Å². The molecule has 0 atom stereocenters. The summed E-state index contributed by atoms with van der Waals surface area (Å²) in [7, 11) is -1.31. The first-order chi connectivity index (χ1) is 6.64. The monoisotopic (exact) mass is 238 g/mol. The molecule has 1 aliphatic heterocycles. The molecule has 14 heavy (non-hydrogen) atoms. The number of sulfonamides is 1. The van der Waals surface area contributed by atoms with Gasteiger partial charge in [-0.15, -0.1) is 0 Å². The van der Waals surface area contributed by atoms with Gasteiger partial charge >= 0.3 is 0 Å². The molecule has 1 fully saturated rings. The summed E-state index contributed by atoms with van der Waals surface area (Å²) in [5, 5.41) is 2.84. The minimum atomic E-state index is -3.07. The van der Waals surface area contributed by atoms with E-state index < -0.39 is 10.0 Å². The highest BCUT2D eigenvalue weighted by atomic mass is 32.2. The van der Waals surface area contributed by atoms with E-state index >= 15 is 0 Å². The maximum atomic E-state index is 11.5. The summed E-state index contributed by atoms with van der Waals surface area (Å²) in [5.74, 6) is 2.31. The highest BCUT2D eigenvalue weighted by molar-refractivity contribution is 7.99. The predicted molar refractivity (Wildman–Crippen MR) is 61.2 cm³/mol. The second-order valence-electron chi connectivity index (χ2n) is 3.43. The molecule has 1 aliphatic rings. The molecule has 1 saturated heterocycles. The SMILES string of the molecule is CNCCS(=O)(=O)NC1CCSCC1. The molecular weight excluding hydrogens is 220 g/mol. The van der Waals surface area contributed by atoms with E-state index in [1.165, 1.54) is 0 Å². The van der Waals surface area contributed by atoms with E-state index in [2.05, 4.69) is 10.0 Å². The maximum absolute atomic E-state index is 11.5. The van der Waals surface area contributed by atoms with E-state index in [-0.39, 0.29) is 11.8 Å². The van der Waals surface area contributed by atoms with Crippen molar-refractivity contribution in [3.05, 3.63) is 0 Å². The van der Waals surface area contributed by atoms with Crippen molar-refractivity contribution in [3.63, 3.8) is 0 Å². The lowest BCUT2D eigenvalue weighted by Gasteiger charge is -2.22. The first-order valence-corrected chi connectivity index (χ1v) is 7.67. The summed E-state index contributed by atoms with van der Waals surface area (Å²) in [6.45, 7) is 0.511. The average molecular weight is 238 g/mol. The Morgan fingerprint density at radius 2 is 2.00 bits per heavy atom. The first kappa shape index (κ1) is 12.3. The van der Waals surface area contributed by atoms with E-state index in [0.29, 0.717) is 6.54 Å². The van der Waals surface area contributed by atoms with Gasteiger partial charge in [-0.25, -0.2) is 13.1 Å². The summed E-state index contributed by atoms with van der Waals surface area (Å²) in [5.41, 5.74) is 0. The van der Waals surface area contributed by atoms with Gasteiger partial charge in [-0.1, -0.05) is 0 Å². The smallest absolute Gasteiger partial charge is 0.213 e. The fourth-order valence-electron chi connectivity index (χ4n) is 1.36. The molecule has 6 heteroatoms. The van der Waals surface area contributed by atoms with E-state index in [4.69, 9.17) is 0 Å². The molecule has 1 rings (SSSR count). The van der Waals surface area contributed by atoms with Crippen molar-refractivity contribution in [1.29, 1.82) is 0 Å². The number of hydrogen-bond donors (Lipinski definition) is 2. The van der Waals surface area contributed by atoms with Crippen LogP contribution >= 0.6 is 11.8 Å². The summed E-state index contributed by atoms with van der Waals surface area (Å²) in [4.78, 5) is 0. The molecule has 0 saturated carbocycles. The van der Waals surface area contributed by atoms with Crippen LogP contribution in [0.3, 0.4) is 0 Å². The van der Waals surface area contributed by atoms with Crippen molar-refractivity contribution in [1.82, 2.24) is 10.0 Å². The molecule has 0 spiro atoms. The van der Waals surface area contributed by atoms with Crippen LogP contribution in [0.2, 0.25) is 0 Å². The molecule has 84 valence electrons. The van der Waals surface area contributed by atoms with Crippen LogP contribution in [0.15, 0.2) is 0 Å². The van der Waals surface area contributed by atoms with Crippen molar-refractivity contribution < 1.29 is 8.42 Å². The summed E-state index contributed by atoms with van der Waals surface area (Å²) in [6, 6.07) is 0.165. The molecule has 0 amide bonds. The third-order valence-corrected chi connectivity index (χ3v) is 4.67. The standard InChI is InChI=1S/C8H18N2O2S2/c1-9-4-7-14(11,12)10-8-2-5-13-6-3-8/h8-10H,2-7H2,1H3. The lowest BCUT2D eigenvalue weighted by molar-refractivity contribution is 0.527. The third-order valence-electron chi connectivity index (χ3n) is 2.19. The van der Waals surface area contributed by atoms with Crippen LogP contribution in [-0.2, 0) is 10.0 Å². The largest absolute Gasteiger partial charge is 0.319 e. The molecule has 0 unspecified atom stereocenters. The molecular formula is C8H18N2O2S2. The van der Waals surface area contributed by atoms with Crippen molar-refractivity contribution in [2.24, 2.45) is 0 Å². The van der Waals surface area contributed by atoms with Gasteiger partial charge in [0.1, 0.15) is 0 Å². The van der Waals surface area contributed by atoms with Crippen LogP contribution in [0, 0.1) is 0 Å². The van der Waals surface area contributed by atoms with Gasteiger partial charge in [0.05, 0.1) is 5.75 Å². The third kappa shape index (κ3) is 4.63. The van der Waals surface area contributed by atoms with Crippen LogP contribution in [0.25, 0.3) is 0 Å². The van der Waals surface area contributed by atoms with Crippen LogP contribution in [0.1, 0.15) is 12.8 Å². The molecule has 1 heterocycles. The number of nitrogens with one attached hydrogen (secondary N) is 2. The second-order valence-corrected chi connectivity index (χ2v) is 6.53. The Balaban J connectivity index is 2.33. The number of hydrogen-bond acceptors (Lipinski definition) is 4. The van der Waals surface area contributed by atoms with Crippen LogP contribution < -0.4 is 10.0 Å². The minimum Gasteiger partial charge on any atom is -0.319 e. The van der Waals surface area contributed by atoms with Gasteiger partial charge in [-0.05, 0) is 31.4 Å². The predicted octanol–water partition coefficient (Wildman–Crippen LogP) is 0.0208. The fourth-order valence-corrected chi connectivity index (χ4v) is 3.81. The lowest BCUT2D eigenvalue weighted by Crippen LogP contribution is -2.40. The Hall–Kier alpha value is 0.220. The Morgan fingerprint density at radius 3 is 2.57 bits per heavy atom. The van der Waals surface area contributed by atoms with Gasteiger partial charge in [0.15, 0.2) is 0 Å². The van der Waals surface area contributed by atoms with Gasteiger partial charge in [0, 0.05) is 12.6 Å². The van der Waals surface area contributed by atoms with Crippen molar-refractivity contribution in [3.8, 4) is 0 Å². The van der Waals surface area contributed by atoms with E-state index in [1.807, 2.05) is 11.8 Å². The van der Waals surface area contributed by atoms with E-state index in [9.17, 15) is 8.42 Å². The molecule has 0 aliphatic carbocycles. The quantitative estimate of drug-likeness (QED) is 0.709. The molecule has 0 radical (unpaired) electrons. The van der Waals surface area contributed by atoms with E-state index in [0.717, 1.165) is 24.3 Å². The fraction of sp³-hybridized carbons (Fsp3) is 1.00. The molecule has 0 aromatic rings. The first-order valence-electron chi connectivity index (χ1n) is 4.86. The van der Waals surface area contributed by atoms with Crippen molar-refractivity contribution in [2.45, 2.75) is 18.9 Å². The van der Waals surface area contributed by atoms with Crippen LogP contribution in [0.4, 0.5) is 0 Å². The average Bonchev–Trinajstić information content (AvgIpc) is 2.16. The highest BCUT2D eigenvalue weighted by Gasteiger charge is 2.19. The lowest BCUT2D eigenvalue weighted by atomic mass is 10.2. The topological polar surface area (TPSA) is 58.2 Å². The van der Waals surface area contributed by atoms with Crippen molar-refractivity contribution in [2.75, 3.05) is 30.9 Å². The Bertz CT molecular complexity index is 248. The highest BCUT2D eigenvalue weighted by Crippen LogP contribution is 2.17. The normalized spacial score (nSPS) is 19.8. The zero-order chi connectivity index (χ0) is 10.4. The zero-order valence-corrected chi connectivity index (χ0v) is 10.1. The number of thioether (sulfide) groups is 1. The van der Waals surface area contributed by atoms with Crippen LogP contribution in [0.5, 0.6) is 0 Å². The van der Waals surface area contributed by atoms with Gasteiger partial charge in [0.2, 0.25) is 10.0 Å². The summed E-state index contributed by atoms with van der Waals surface area (Å²) < 4.78 is 25.7. The van der Waals surface area contributed by atoms with Gasteiger partial charge in [0.25, 0.3) is 0 Å². The van der Waals surface area contributed by atoms with Gasteiger partial charge < -0.3 is 5.32 Å². The molecule has 0 bridgehead atoms. The summed E-state index contributed by atoms with van der Waals surface area (Å²) >= 11 is 1.90. The molecule has 0 aromatic heterocycles. The zero-order valence-electron chi connectivity index (χ0n) is 8.45. The number of rotatable bonds is 5. The minimum absolute atomic E-state index is 0.165. The molecule has 2 N–H and O–H groups in total. The molecule has 0 aromatic carbocycles. The second kappa shape index (κ2) is 5.95. The van der Waals surface area contributed by atoms with Gasteiger partial charge in [-0.2, -0.15) is 11.8 Å². The van der Waals surface area contributed by atoms with Crippen LogP contribution in [-0.4, -0.2) is 45.3 Å². The Morgan fingerprint density at radius 1 is 1.36 bits per heavy atom.